The third-order valence-corrected chi connectivity index (χ3v) is 4.51. The molecule has 0 aromatic carbocycles. The third-order valence-electron chi connectivity index (χ3n) is 2.17. The smallest absolute Gasteiger partial charge is 0.293 e. The molecular formula is C10H6Br2N2O3S. The molecule has 0 aliphatic carbocycles. The number of carbonyl (C=O) groups excluding carboxylic acids is 1. The minimum atomic E-state index is -0.596. The van der Waals surface area contributed by atoms with Crippen LogP contribution in [0.3, 0.4) is 0 Å². The maximum absolute atomic E-state index is 12.0. The van der Waals surface area contributed by atoms with Gasteiger partial charge in [0, 0.05) is 17.8 Å². The number of thiophene rings is 1. The van der Waals surface area contributed by atoms with Gasteiger partial charge in [-0.1, -0.05) is 0 Å². The van der Waals surface area contributed by atoms with Crippen molar-refractivity contribution in [2.24, 2.45) is 0 Å². The molecular weight excluding hydrogens is 388 g/mol. The van der Waals surface area contributed by atoms with Crippen molar-refractivity contribution in [2.75, 3.05) is 0 Å². The largest absolute Gasteiger partial charge is 0.328 e. The zero-order valence-corrected chi connectivity index (χ0v) is 12.8. The highest BCUT2D eigenvalue weighted by atomic mass is 79.9. The first kappa shape index (κ1) is 13.4. The van der Waals surface area contributed by atoms with Crippen LogP contribution >= 0.6 is 43.2 Å². The SMILES string of the molecule is O=C(Cn1ccc(=O)[nH]c1=O)c1cc(Br)sc1Br. The number of nitrogens with one attached hydrogen (secondary N) is 1. The highest BCUT2D eigenvalue weighted by molar-refractivity contribution is 9.12. The monoisotopic (exact) mass is 392 g/mol. The highest BCUT2D eigenvalue weighted by Crippen LogP contribution is 2.32. The normalized spacial score (nSPS) is 10.6. The Kier molecular flexibility index (Phi) is 3.98. The van der Waals surface area contributed by atoms with E-state index in [1.165, 1.54) is 23.6 Å². The van der Waals surface area contributed by atoms with E-state index in [1.54, 1.807) is 6.07 Å². The number of halogens is 2. The van der Waals surface area contributed by atoms with Gasteiger partial charge in [0.05, 0.1) is 14.1 Å². The summed E-state index contributed by atoms with van der Waals surface area (Å²) in [5.74, 6) is -0.210. The molecule has 0 bridgehead atoms. The molecule has 0 saturated heterocycles. The maximum Gasteiger partial charge on any atom is 0.328 e. The summed E-state index contributed by atoms with van der Waals surface area (Å²) in [5, 5.41) is 0. The number of H-pyrrole nitrogens is 1. The number of rotatable bonds is 3. The Morgan fingerprint density at radius 2 is 2.11 bits per heavy atom. The number of aromatic amines is 1. The molecule has 2 aromatic heterocycles. The van der Waals surface area contributed by atoms with Gasteiger partial charge in [-0.05, 0) is 37.9 Å². The van der Waals surface area contributed by atoms with E-state index in [4.69, 9.17) is 0 Å². The molecule has 1 N–H and O–H groups in total. The number of nitrogens with zero attached hydrogens (tertiary/aromatic N) is 1. The predicted molar refractivity (Wildman–Crippen MR) is 75.4 cm³/mol. The second-order valence-electron chi connectivity index (χ2n) is 3.40. The molecule has 8 heteroatoms. The summed E-state index contributed by atoms with van der Waals surface area (Å²) < 4.78 is 2.69. The molecule has 0 amide bonds. The van der Waals surface area contributed by atoms with Gasteiger partial charge in [0.15, 0.2) is 5.78 Å². The second-order valence-corrected chi connectivity index (χ2v) is 7.15. The molecule has 0 atom stereocenters. The van der Waals surface area contributed by atoms with Crippen LogP contribution in [0.1, 0.15) is 10.4 Å². The van der Waals surface area contributed by atoms with Crippen molar-refractivity contribution in [3.8, 4) is 0 Å². The summed E-state index contributed by atoms with van der Waals surface area (Å²) in [6.45, 7) is -0.114. The van der Waals surface area contributed by atoms with Gasteiger partial charge in [-0.15, -0.1) is 11.3 Å². The van der Waals surface area contributed by atoms with E-state index < -0.39 is 11.2 Å². The molecule has 0 saturated carbocycles. The van der Waals surface area contributed by atoms with Crippen molar-refractivity contribution in [2.45, 2.75) is 6.54 Å². The zero-order valence-electron chi connectivity index (χ0n) is 8.78. The van der Waals surface area contributed by atoms with Crippen molar-refractivity contribution >= 4 is 49.0 Å². The number of carbonyl (C=O) groups is 1. The number of Topliss-reactive ketones (excluding diaryl/α,β-unsaturated/α-hetero) is 1. The van der Waals surface area contributed by atoms with Crippen LogP contribution in [0, 0.1) is 0 Å². The topological polar surface area (TPSA) is 71.9 Å². The van der Waals surface area contributed by atoms with Gasteiger partial charge < -0.3 is 0 Å². The van der Waals surface area contributed by atoms with Gasteiger partial charge in [0.25, 0.3) is 5.56 Å². The van der Waals surface area contributed by atoms with Crippen LogP contribution in [0.15, 0.2) is 35.5 Å². The Hall–Kier alpha value is -0.990. The molecule has 0 fully saturated rings. The van der Waals surface area contributed by atoms with E-state index in [1.807, 2.05) is 0 Å². The van der Waals surface area contributed by atoms with E-state index in [-0.39, 0.29) is 12.3 Å². The van der Waals surface area contributed by atoms with Crippen LogP contribution in [0.25, 0.3) is 0 Å². The first-order valence-corrected chi connectivity index (χ1v) is 7.15. The lowest BCUT2D eigenvalue weighted by molar-refractivity contribution is 0.0970. The van der Waals surface area contributed by atoms with Gasteiger partial charge >= 0.3 is 5.69 Å². The van der Waals surface area contributed by atoms with Gasteiger partial charge in [-0.2, -0.15) is 0 Å². The molecule has 0 spiro atoms. The Bertz CT molecular complexity index is 716. The quantitative estimate of drug-likeness (QED) is 0.810. The lowest BCUT2D eigenvalue weighted by atomic mass is 10.2. The summed E-state index contributed by atoms with van der Waals surface area (Å²) in [7, 11) is 0. The van der Waals surface area contributed by atoms with Gasteiger partial charge in [-0.25, -0.2) is 4.79 Å². The number of hydrogen-bond donors (Lipinski definition) is 1. The summed E-state index contributed by atoms with van der Waals surface area (Å²) in [6, 6.07) is 2.89. The van der Waals surface area contributed by atoms with Crippen molar-refractivity contribution in [1.29, 1.82) is 0 Å². The molecule has 0 aliphatic rings. The van der Waals surface area contributed by atoms with Crippen LogP contribution in [-0.4, -0.2) is 15.3 Å². The highest BCUT2D eigenvalue weighted by Gasteiger charge is 2.14. The average Bonchev–Trinajstić information content (AvgIpc) is 2.62. The van der Waals surface area contributed by atoms with Crippen molar-refractivity contribution < 1.29 is 4.79 Å². The van der Waals surface area contributed by atoms with Gasteiger partial charge in [0.2, 0.25) is 0 Å². The zero-order chi connectivity index (χ0) is 13.3. The van der Waals surface area contributed by atoms with Gasteiger partial charge in [0.1, 0.15) is 0 Å². The number of hydrogen-bond acceptors (Lipinski definition) is 4. The minimum absolute atomic E-state index is 0.114. The lowest BCUT2D eigenvalue weighted by Crippen LogP contribution is -2.30. The summed E-state index contributed by atoms with van der Waals surface area (Å²) in [6.07, 6.45) is 1.30. The Morgan fingerprint density at radius 1 is 1.39 bits per heavy atom. The minimum Gasteiger partial charge on any atom is -0.293 e. The Labute approximate surface area is 122 Å². The second kappa shape index (κ2) is 5.33. The molecule has 2 heterocycles. The van der Waals surface area contributed by atoms with Crippen LogP contribution in [0.5, 0.6) is 0 Å². The fraction of sp³-hybridized carbons (Fsp3) is 0.100. The lowest BCUT2D eigenvalue weighted by Gasteiger charge is -2.02. The standard InChI is InChI=1S/C10H6Br2N2O3S/c11-7-3-5(9(12)18-7)6(15)4-14-2-1-8(16)13-10(14)17/h1-3H,4H2,(H,13,16,17). The average molecular weight is 394 g/mol. The first-order valence-electron chi connectivity index (χ1n) is 4.75. The van der Waals surface area contributed by atoms with Crippen molar-refractivity contribution in [1.82, 2.24) is 9.55 Å². The van der Waals surface area contributed by atoms with E-state index >= 15 is 0 Å². The Balaban J connectivity index is 2.29. The summed E-state index contributed by atoms with van der Waals surface area (Å²) in [4.78, 5) is 36.4. The molecule has 94 valence electrons. The maximum atomic E-state index is 12.0. The molecule has 0 unspecified atom stereocenters. The van der Waals surface area contributed by atoms with Crippen molar-refractivity contribution in [3.63, 3.8) is 0 Å². The van der Waals surface area contributed by atoms with E-state index in [9.17, 15) is 14.4 Å². The molecule has 18 heavy (non-hydrogen) atoms. The molecule has 2 aromatic rings. The van der Waals surface area contributed by atoms with Crippen LogP contribution in [-0.2, 0) is 6.54 Å². The first-order chi connectivity index (χ1) is 8.47. The van der Waals surface area contributed by atoms with Crippen LogP contribution in [0.2, 0.25) is 0 Å². The fourth-order valence-corrected chi connectivity index (χ4v) is 4.19. The van der Waals surface area contributed by atoms with Crippen molar-refractivity contribution in [3.05, 3.63) is 52.3 Å². The Morgan fingerprint density at radius 3 is 2.67 bits per heavy atom. The van der Waals surface area contributed by atoms with E-state index in [0.717, 1.165) is 8.35 Å². The van der Waals surface area contributed by atoms with E-state index in [0.29, 0.717) is 9.35 Å². The number of aromatic nitrogens is 2. The fourth-order valence-electron chi connectivity index (χ4n) is 1.34. The third kappa shape index (κ3) is 2.88. The summed E-state index contributed by atoms with van der Waals surface area (Å²) >= 11 is 7.95. The molecule has 5 nitrogen and oxygen atoms in total. The van der Waals surface area contributed by atoms with Crippen LogP contribution < -0.4 is 11.2 Å². The molecule has 0 radical (unpaired) electrons. The van der Waals surface area contributed by atoms with E-state index in [2.05, 4.69) is 36.8 Å². The van der Waals surface area contributed by atoms with Gasteiger partial charge in [-0.3, -0.25) is 19.1 Å². The molecule has 0 aliphatic heterocycles. The predicted octanol–water partition coefficient (Wildman–Crippen LogP) is 2.01. The molecule has 2 rings (SSSR count). The number of ketones is 1. The summed E-state index contributed by atoms with van der Waals surface area (Å²) in [5.41, 5.74) is -0.575. The van der Waals surface area contributed by atoms with Crippen LogP contribution in [0.4, 0.5) is 0 Å².